The van der Waals surface area contributed by atoms with Crippen molar-refractivity contribution in [2.45, 2.75) is 32.5 Å². The first-order valence-corrected chi connectivity index (χ1v) is 6.78. The summed E-state index contributed by atoms with van der Waals surface area (Å²) in [5.41, 5.74) is 0. The first kappa shape index (κ1) is 14.0. The molecule has 0 saturated carbocycles. The zero-order valence-corrected chi connectivity index (χ0v) is 11.6. The highest BCUT2D eigenvalue weighted by atomic mass is 16.5. The molecule has 6 nitrogen and oxygen atoms in total. The van der Waals surface area contributed by atoms with E-state index in [2.05, 4.69) is 26.7 Å². The number of esters is 1. The van der Waals surface area contributed by atoms with Gasteiger partial charge in [0.05, 0.1) is 13.7 Å². The molecular formula is C13H22N4O2. The molecule has 1 aliphatic heterocycles. The number of hydrogen-bond donors (Lipinski definition) is 1. The van der Waals surface area contributed by atoms with Crippen molar-refractivity contribution in [1.29, 1.82) is 0 Å². The summed E-state index contributed by atoms with van der Waals surface area (Å²) in [6.07, 6.45) is 4.82. The van der Waals surface area contributed by atoms with E-state index in [9.17, 15) is 4.79 Å². The Bertz CT molecular complexity index is 419. The molecule has 0 saturated heterocycles. The Kier molecular flexibility index (Phi) is 4.93. The van der Waals surface area contributed by atoms with E-state index in [1.54, 1.807) is 0 Å². The molecule has 0 bridgehead atoms. The second-order valence-corrected chi connectivity index (χ2v) is 4.80. The third-order valence-corrected chi connectivity index (χ3v) is 3.39. The van der Waals surface area contributed by atoms with Crippen LogP contribution in [-0.2, 0) is 22.6 Å². The highest BCUT2D eigenvalue weighted by molar-refractivity contribution is 5.75. The molecule has 1 atom stereocenters. The minimum Gasteiger partial charge on any atom is -0.468 e. The Morgan fingerprint density at radius 3 is 3.16 bits per heavy atom. The van der Waals surface area contributed by atoms with Gasteiger partial charge in [-0.05, 0) is 13.0 Å². The van der Waals surface area contributed by atoms with E-state index in [1.165, 1.54) is 7.11 Å². The average molecular weight is 266 g/mol. The van der Waals surface area contributed by atoms with Crippen LogP contribution in [0, 0.1) is 0 Å². The summed E-state index contributed by atoms with van der Waals surface area (Å²) in [6.45, 7) is 6.22. The van der Waals surface area contributed by atoms with Gasteiger partial charge in [0, 0.05) is 32.0 Å². The van der Waals surface area contributed by atoms with Crippen molar-refractivity contribution in [1.82, 2.24) is 19.8 Å². The number of carbonyl (C=O) groups excluding carboxylic acids is 1. The number of hydrogen-bond acceptors (Lipinski definition) is 5. The summed E-state index contributed by atoms with van der Waals surface area (Å²) in [4.78, 5) is 18.3. The van der Waals surface area contributed by atoms with Gasteiger partial charge in [0.25, 0.3) is 0 Å². The van der Waals surface area contributed by atoms with Crippen LogP contribution in [0.1, 0.15) is 19.2 Å². The number of imidazole rings is 1. The van der Waals surface area contributed by atoms with Crippen LogP contribution in [-0.4, -0.2) is 53.2 Å². The number of methoxy groups -OCH3 is 1. The molecular weight excluding hydrogens is 244 g/mol. The van der Waals surface area contributed by atoms with Crippen molar-refractivity contribution < 1.29 is 9.53 Å². The molecule has 1 N–H and O–H groups in total. The fourth-order valence-electron chi connectivity index (χ4n) is 2.32. The molecule has 2 heterocycles. The smallest absolute Gasteiger partial charge is 0.324 e. The van der Waals surface area contributed by atoms with Gasteiger partial charge in [0.1, 0.15) is 11.9 Å². The summed E-state index contributed by atoms with van der Waals surface area (Å²) in [5.74, 6) is 0.868. The Morgan fingerprint density at radius 1 is 1.58 bits per heavy atom. The highest BCUT2D eigenvalue weighted by Gasteiger charge is 2.24. The first-order chi connectivity index (χ1) is 9.24. The molecule has 0 aliphatic carbocycles. The Hall–Kier alpha value is -1.40. The summed E-state index contributed by atoms with van der Waals surface area (Å²) < 4.78 is 7.01. The van der Waals surface area contributed by atoms with Gasteiger partial charge in [0.15, 0.2) is 0 Å². The summed E-state index contributed by atoms with van der Waals surface area (Å²) >= 11 is 0. The molecule has 0 aromatic carbocycles. The summed E-state index contributed by atoms with van der Waals surface area (Å²) in [6, 6.07) is -0.258. The number of fused-ring (bicyclic) bond motifs is 1. The van der Waals surface area contributed by atoms with Crippen molar-refractivity contribution in [2.24, 2.45) is 0 Å². The number of rotatable bonds is 6. The standard InChI is InChI=1S/C13H22N4O2/c1-3-4-14-11(13(18)19-2)9-16-7-8-17-6-5-15-12(17)10-16/h5-6,11,14H,3-4,7-10H2,1-2H3. The predicted octanol–water partition coefficient (Wildman–Crippen LogP) is 0.240. The van der Waals surface area contributed by atoms with E-state index < -0.39 is 0 Å². The molecule has 1 unspecified atom stereocenters. The molecule has 2 rings (SSSR count). The quantitative estimate of drug-likeness (QED) is 0.747. The van der Waals surface area contributed by atoms with Crippen LogP contribution in [0.25, 0.3) is 0 Å². The van der Waals surface area contributed by atoms with E-state index in [0.717, 1.165) is 38.4 Å². The third kappa shape index (κ3) is 3.54. The number of aromatic nitrogens is 2. The van der Waals surface area contributed by atoms with Gasteiger partial charge in [-0.2, -0.15) is 0 Å². The van der Waals surface area contributed by atoms with E-state index in [1.807, 2.05) is 12.4 Å². The van der Waals surface area contributed by atoms with Crippen LogP contribution in [0.5, 0.6) is 0 Å². The molecule has 1 aliphatic rings. The van der Waals surface area contributed by atoms with Gasteiger partial charge in [-0.15, -0.1) is 0 Å². The zero-order valence-electron chi connectivity index (χ0n) is 11.6. The van der Waals surface area contributed by atoms with Gasteiger partial charge in [-0.1, -0.05) is 6.92 Å². The monoisotopic (exact) mass is 266 g/mol. The second kappa shape index (κ2) is 6.68. The lowest BCUT2D eigenvalue weighted by atomic mass is 10.2. The lowest BCUT2D eigenvalue weighted by Gasteiger charge is -2.30. The second-order valence-electron chi connectivity index (χ2n) is 4.80. The first-order valence-electron chi connectivity index (χ1n) is 6.78. The van der Waals surface area contributed by atoms with Crippen molar-refractivity contribution in [3.8, 4) is 0 Å². The van der Waals surface area contributed by atoms with Crippen LogP contribution in [0.3, 0.4) is 0 Å². The molecule has 1 aromatic rings. The molecule has 6 heteroatoms. The lowest BCUT2D eigenvalue weighted by Crippen LogP contribution is -2.48. The van der Waals surface area contributed by atoms with Crippen LogP contribution in [0.4, 0.5) is 0 Å². The maximum absolute atomic E-state index is 11.8. The Labute approximate surface area is 113 Å². The van der Waals surface area contributed by atoms with Crippen LogP contribution in [0.15, 0.2) is 12.4 Å². The zero-order chi connectivity index (χ0) is 13.7. The third-order valence-electron chi connectivity index (χ3n) is 3.39. The van der Waals surface area contributed by atoms with Crippen LogP contribution >= 0.6 is 0 Å². The molecule has 1 aromatic heterocycles. The van der Waals surface area contributed by atoms with E-state index in [4.69, 9.17) is 4.74 Å². The largest absolute Gasteiger partial charge is 0.468 e. The topological polar surface area (TPSA) is 59.4 Å². The van der Waals surface area contributed by atoms with Gasteiger partial charge in [-0.3, -0.25) is 9.69 Å². The molecule has 106 valence electrons. The minimum absolute atomic E-state index is 0.192. The van der Waals surface area contributed by atoms with Crippen molar-refractivity contribution >= 4 is 5.97 Å². The van der Waals surface area contributed by atoms with E-state index in [0.29, 0.717) is 6.54 Å². The SMILES string of the molecule is CCCNC(CN1CCn2ccnc2C1)C(=O)OC. The molecule has 0 fully saturated rings. The summed E-state index contributed by atoms with van der Waals surface area (Å²) in [5, 5.41) is 3.24. The maximum Gasteiger partial charge on any atom is 0.324 e. The van der Waals surface area contributed by atoms with Gasteiger partial charge in [0.2, 0.25) is 0 Å². The molecule has 0 radical (unpaired) electrons. The van der Waals surface area contributed by atoms with Crippen LogP contribution < -0.4 is 5.32 Å². The van der Waals surface area contributed by atoms with Crippen molar-refractivity contribution in [2.75, 3.05) is 26.7 Å². The fraction of sp³-hybridized carbons (Fsp3) is 0.692. The molecule has 19 heavy (non-hydrogen) atoms. The Morgan fingerprint density at radius 2 is 2.42 bits per heavy atom. The number of carbonyl (C=O) groups is 1. The van der Waals surface area contributed by atoms with E-state index >= 15 is 0 Å². The maximum atomic E-state index is 11.8. The lowest BCUT2D eigenvalue weighted by molar-refractivity contribution is -0.143. The summed E-state index contributed by atoms with van der Waals surface area (Å²) in [7, 11) is 1.44. The number of nitrogens with one attached hydrogen (secondary N) is 1. The van der Waals surface area contributed by atoms with E-state index in [-0.39, 0.29) is 12.0 Å². The Balaban J connectivity index is 1.92. The molecule has 0 amide bonds. The van der Waals surface area contributed by atoms with Gasteiger partial charge < -0.3 is 14.6 Å². The van der Waals surface area contributed by atoms with Crippen molar-refractivity contribution in [3.63, 3.8) is 0 Å². The highest BCUT2D eigenvalue weighted by Crippen LogP contribution is 2.10. The van der Waals surface area contributed by atoms with Gasteiger partial charge in [-0.25, -0.2) is 4.98 Å². The van der Waals surface area contributed by atoms with Crippen LogP contribution in [0.2, 0.25) is 0 Å². The van der Waals surface area contributed by atoms with Crippen molar-refractivity contribution in [3.05, 3.63) is 18.2 Å². The van der Waals surface area contributed by atoms with Gasteiger partial charge >= 0.3 is 5.97 Å². The fourth-order valence-corrected chi connectivity index (χ4v) is 2.32. The molecule has 0 spiro atoms. The predicted molar refractivity (Wildman–Crippen MR) is 71.6 cm³/mol. The number of ether oxygens (including phenoxy) is 1. The normalized spacial score (nSPS) is 16.9. The number of nitrogens with zero attached hydrogens (tertiary/aromatic N) is 3. The average Bonchev–Trinajstić information content (AvgIpc) is 2.90. The minimum atomic E-state index is -0.258.